The van der Waals surface area contributed by atoms with E-state index in [1.54, 1.807) is 12.1 Å². The summed E-state index contributed by atoms with van der Waals surface area (Å²) in [6.07, 6.45) is 0. The van der Waals surface area contributed by atoms with Crippen molar-refractivity contribution < 1.29 is 4.92 Å². The lowest BCUT2D eigenvalue weighted by Gasteiger charge is -2.34. The quantitative estimate of drug-likeness (QED) is 0.596. The van der Waals surface area contributed by atoms with Gasteiger partial charge < -0.3 is 9.80 Å². The molecule has 2 rings (SSSR count). The summed E-state index contributed by atoms with van der Waals surface area (Å²) < 4.78 is 0. The SMILES string of the molecule is CCN1CCN(c2ccc([N+](=O)[O-])c(C#N)n2)CC1. The van der Waals surface area contributed by atoms with Crippen molar-refractivity contribution in [1.29, 1.82) is 5.26 Å². The minimum Gasteiger partial charge on any atom is -0.354 e. The van der Waals surface area contributed by atoms with Gasteiger partial charge in [0.1, 0.15) is 11.9 Å². The Morgan fingerprint density at radius 2 is 2.11 bits per heavy atom. The van der Waals surface area contributed by atoms with E-state index < -0.39 is 4.92 Å². The van der Waals surface area contributed by atoms with Gasteiger partial charge in [-0.3, -0.25) is 10.1 Å². The first-order valence-corrected chi connectivity index (χ1v) is 6.18. The number of pyridine rings is 1. The second-order valence-corrected chi connectivity index (χ2v) is 4.33. The van der Waals surface area contributed by atoms with Crippen LogP contribution in [0.15, 0.2) is 12.1 Å². The highest BCUT2D eigenvalue weighted by Crippen LogP contribution is 2.21. The fraction of sp³-hybridized carbons (Fsp3) is 0.500. The monoisotopic (exact) mass is 261 g/mol. The van der Waals surface area contributed by atoms with Crippen LogP contribution in [0.1, 0.15) is 12.6 Å². The summed E-state index contributed by atoms with van der Waals surface area (Å²) in [7, 11) is 0. The van der Waals surface area contributed by atoms with Crippen molar-refractivity contribution in [2.75, 3.05) is 37.6 Å². The molecule has 0 spiro atoms. The summed E-state index contributed by atoms with van der Waals surface area (Å²) in [6.45, 7) is 6.67. The van der Waals surface area contributed by atoms with E-state index in [2.05, 4.69) is 21.7 Å². The van der Waals surface area contributed by atoms with Gasteiger partial charge in [0.2, 0.25) is 5.69 Å². The lowest BCUT2D eigenvalue weighted by Crippen LogP contribution is -2.46. The predicted molar refractivity (Wildman–Crippen MR) is 69.9 cm³/mol. The summed E-state index contributed by atoms with van der Waals surface area (Å²) in [5, 5.41) is 19.7. The number of nitriles is 1. The number of nitrogens with zero attached hydrogens (tertiary/aromatic N) is 5. The Bertz CT molecular complexity index is 517. The molecule has 7 nitrogen and oxygen atoms in total. The first kappa shape index (κ1) is 13.2. The molecule has 1 aromatic heterocycles. The minimum absolute atomic E-state index is 0.125. The van der Waals surface area contributed by atoms with Gasteiger partial charge in [0.25, 0.3) is 0 Å². The fourth-order valence-electron chi connectivity index (χ4n) is 2.14. The number of hydrogen-bond donors (Lipinski definition) is 0. The molecule has 100 valence electrons. The van der Waals surface area contributed by atoms with Crippen LogP contribution in [0.2, 0.25) is 0 Å². The highest BCUT2D eigenvalue weighted by Gasteiger charge is 2.20. The maximum Gasteiger partial charge on any atom is 0.305 e. The molecule has 0 radical (unpaired) electrons. The molecule has 7 heteroatoms. The van der Waals surface area contributed by atoms with Crippen LogP contribution in [0, 0.1) is 21.4 Å². The van der Waals surface area contributed by atoms with Crippen LogP contribution in [0.3, 0.4) is 0 Å². The van der Waals surface area contributed by atoms with Gasteiger partial charge in [-0.05, 0) is 12.6 Å². The van der Waals surface area contributed by atoms with Crippen molar-refractivity contribution in [2.45, 2.75) is 6.92 Å². The van der Waals surface area contributed by atoms with Crippen LogP contribution in [-0.4, -0.2) is 47.5 Å². The van der Waals surface area contributed by atoms with E-state index in [9.17, 15) is 10.1 Å². The van der Waals surface area contributed by atoms with E-state index in [-0.39, 0.29) is 11.4 Å². The van der Waals surface area contributed by atoms with Crippen molar-refractivity contribution in [1.82, 2.24) is 9.88 Å². The predicted octanol–water partition coefficient (Wildman–Crippen LogP) is 1.00. The molecular weight excluding hydrogens is 246 g/mol. The second kappa shape index (κ2) is 5.63. The molecule has 0 N–H and O–H groups in total. The molecule has 1 aliphatic rings. The summed E-state index contributed by atoms with van der Waals surface area (Å²) in [4.78, 5) is 18.6. The van der Waals surface area contributed by atoms with Crippen LogP contribution < -0.4 is 4.90 Å². The molecule has 2 heterocycles. The first-order valence-electron chi connectivity index (χ1n) is 6.18. The topological polar surface area (TPSA) is 86.3 Å². The molecule has 0 aromatic carbocycles. The zero-order chi connectivity index (χ0) is 13.8. The molecule has 0 amide bonds. The summed E-state index contributed by atoms with van der Waals surface area (Å²) in [5.74, 6) is 0.637. The first-order chi connectivity index (χ1) is 9.15. The maximum absolute atomic E-state index is 10.7. The molecule has 1 saturated heterocycles. The highest BCUT2D eigenvalue weighted by atomic mass is 16.6. The van der Waals surface area contributed by atoms with Crippen molar-refractivity contribution in [3.05, 3.63) is 27.9 Å². The highest BCUT2D eigenvalue weighted by molar-refractivity contribution is 5.51. The van der Waals surface area contributed by atoms with Gasteiger partial charge in [0.05, 0.1) is 4.92 Å². The summed E-state index contributed by atoms with van der Waals surface area (Å²) in [5.41, 5.74) is -0.362. The number of likely N-dealkylation sites (N-methyl/N-ethyl adjacent to an activating group) is 1. The Hall–Kier alpha value is -2.20. The summed E-state index contributed by atoms with van der Waals surface area (Å²) >= 11 is 0. The average molecular weight is 261 g/mol. The molecule has 1 aliphatic heterocycles. The van der Waals surface area contributed by atoms with Gasteiger partial charge in [0, 0.05) is 32.2 Å². The zero-order valence-corrected chi connectivity index (χ0v) is 10.7. The van der Waals surface area contributed by atoms with E-state index in [4.69, 9.17) is 5.26 Å². The molecule has 1 fully saturated rings. The van der Waals surface area contributed by atoms with E-state index in [1.807, 2.05) is 0 Å². The molecule has 0 aliphatic carbocycles. The fourth-order valence-corrected chi connectivity index (χ4v) is 2.14. The zero-order valence-electron chi connectivity index (χ0n) is 10.7. The van der Waals surface area contributed by atoms with E-state index >= 15 is 0 Å². The molecule has 1 aromatic rings. The standard InChI is InChI=1S/C12H15N5O2/c1-2-15-5-7-16(8-6-15)12-4-3-11(17(18)19)10(9-13)14-12/h3-4H,2,5-8H2,1H3. The number of anilines is 1. The van der Waals surface area contributed by atoms with E-state index in [1.165, 1.54) is 6.07 Å². The summed E-state index contributed by atoms with van der Waals surface area (Å²) in [6, 6.07) is 4.75. The normalized spacial score (nSPS) is 16.1. The molecule has 0 atom stereocenters. The maximum atomic E-state index is 10.7. The van der Waals surface area contributed by atoms with Crippen molar-refractivity contribution in [3.8, 4) is 6.07 Å². The van der Waals surface area contributed by atoms with Crippen molar-refractivity contribution in [2.24, 2.45) is 0 Å². The van der Waals surface area contributed by atoms with Gasteiger partial charge in [-0.15, -0.1) is 0 Å². The van der Waals surface area contributed by atoms with Gasteiger partial charge in [-0.1, -0.05) is 6.92 Å². The van der Waals surface area contributed by atoms with Crippen LogP contribution in [0.25, 0.3) is 0 Å². The van der Waals surface area contributed by atoms with Gasteiger partial charge >= 0.3 is 5.69 Å². The molecule has 0 unspecified atom stereocenters. The lowest BCUT2D eigenvalue weighted by atomic mass is 10.2. The lowest BCUT2D eigenvalue weighted by molar-refractivity contribution is -0.385. The molecule has 19 heavy (non-hydrogen) atoms. The van der Waals surface area contributed by atoms with E-state index in [0.29, 0.717) is 5.82 Å². The number of piperazine rings is 1. The van der Waals surface area contributed by atoms with Crippen LogP contribution in [0.4, 0.5) is 11.5 Å². The average Bonchev–Trinajstić information content (AvgIpc) is 2.46. The minimum atomic E-state index is -0.579. The molecule has 0 bridgehead atoms. The van der Waals surface area contributed by atoms with Crippen LogP contribution >= 0.6 is 0 Å². The number of aromatic nitrogens is 1. The van der Waals surface area contributed by atoms with Gasteiger partial charge in [0.15, 0.2) is 0 Å². The number of rotatable bonds is 3. The van der Waals surface area contributed by atoms with Crippen molar-refractivity contribution in [3.63, 3.8) is 0 Å². The third kappa shape index (κ3) is 2.80. The van der Waals surface area contributed by atoms with Gasteiger partial charge in [-0.2, -0.15) is 5.26 Å². The Kier molecular flexibility index (Phi) is 3.92. The van der Waals surface area contributed by atoms with Gasteiger partial charge in [-0.25, -0.2) is 4.98 Å². The Balaban J connectivity index is 2.18. The number of nitro groups is 1. The van der Waals surface area contributed by atoms with E-state index in [0.717, 1.165) is 32.7 Å². The third-order valence-corrected chi connectivity index (χ3v) is 3.31. The molecule has 0 saturated carbocycles. The van der Waals surface area contributed by atoms with Crippen molar-refractivity contribution >= 4 is 11.5 Å². The Morgan fingerprint density at radius 1 is 1.42 bits per heavy atom. The van der Waals surface area contributed by atoms with Crippen LogP contribution in [-0.2, 0) is 0 Å². The van der Waals surface area contributed by atoms with Crippen LogP contribution in [0.5, 0.6) is 0 Å². The largest absolute Gasteiger partial charge is 0.354 e. The third-order valence-electron chi connectivity index (χ3n) is 3.31. The Morgan fingerprint density at radius 3 is 2.63 bits per heavy atom. The smallest absolute Gasteiger partial charge is 0.305 e. The molecular formula is C12H15N5O2. The number of hydrogen-bond acceptors (Lipinski definition) is 6. The Labute approximate surface area is 111 Å². The second-order valence-electron chi connectivity index (χ2n) is 4.33.